The van der Waals surface area contributed by atoms with Crippen molar-refractivity contribution in [1.82, 2.24) is 4.98 Å². The zero-order chi connectivity index (χ0) is 19.3. The number of anilines is 1. The first-order chi connectivity index (χ1) is 12.1. The number of aliphatic hydroxyl groups is 1. The highest BCUT2D eigenvalue weighted by Crippen LogP contribution is 2.24. The third kappa shape index (κ3) is 6.28. The number of rotatable bonds is 6. The van der Waals surface area contributed by atoms with E-state index in [-0.39, 0.29) is 5.97 Å². The van der Waals surface area contributed by atoms with E-state index in [0.29, 0.717) is 6.42 Å². The molecule has 1 atom stereocenters. The maximum absolute atomic E-state index is 11.7. The summed E-state index contributed by atoms with van der Waals surface area (Å²) in [5.74, 6) is -0.381. The maximum Gasteiger partial charge on any atom is 0.331 e. The van der Waals surface area contributed by atoms with E-state index in [1.807, 2.05) is 64.0 Å². The lowest BCUT2D eigenvalue weighted by Crippen LogP contribution is -2.22. The van der Waals surface area contributed by atoms with Crippen molar-refractivity contribution in [2.45, 2.75) is 38.9 Å². The highest BCUT2D eigenvalue weighted by atomic mass is 32.1. The SMILES string of the molecule is CN(C)c1ccc(C(O)Cc2ncc(/C=C/C(=O)OC(C)(C)C)s2)cc1. The van der Waals surface area contributed by atoms with Crippen molar-refractivity contribution in [2.24, 2.45) is 0 Å². The summed E-state index contributed by atoms with van der Waals surface area (Å²) in [6, 6.07) is 7.82. The number of aromatic nitrogens is 1. The van der Waals surface area contributed by atoms with Crippen molar-refractivity contribution < 1.29 is 14.6 Å². The minimum Gasteiger partial charge on any atom is -0.457 e. The van der Waals surface area contributed by atoms with E-state index in [1.165, 1.54) is 17.4 Å². The maximum atomic E-state index is 11.7. The predicted octanol–water partition coefficient (Wildman–Crippen LogP) is 3.84. The number of ether oxygens (including phenoxy) is 1. The molecule has 0 aliphatic carbocycles. The second-order valence-corrected chi connectivity index (χ2v) is 8.38. The number of carbonyl (C=O) groups is 1. The van der Waals surface area contributed by atoms with Gasteiger partial charge < -0.3 is 14.7 Å². The first kappa shape index (κ1) is 20.1. The normalized spacial score (nSPS) is 13.0. The van der Waals surface area contributed by atoms with E-state index in [9.17, 15) is 9.90 Å². The summed E-state index contributed by atoms with van der Waals surface area (Å²) >= 11 is 1.45. The van der Waals surface area contributed by atoms with Crippen LogP contribution in [0.5, 0.6) is 0 Å². The van der Waals surface area contributed by atoms with Crippen LogP contribution in [-0.2, 0) is 16.0 Å². The second kappa shape index (κ2) is 8.47. The van der Waals surface area contributed by atoms with Crippen LogP contribution in [-0.4, -0.2) is 35.8 Å². The summed E-state index contributed by atoms with van der Waals surface area (Å²) in [4.78, 5) is 18.9. The van der Waals surface area contributed by atoms with Crippen LogP contribution in [0.2, 0.25) is 0 Å². The monoisotopic (exact) mass is 374 g/mol. The molecule has 0 amide bonds. The molecule has 0 aliphatic rings. The molecule has 1 heterocycles. The van der Waals surface area contributed by atoms with Crippen LogP contribution in [0.4, 0.5) is 5.69 Å². The van der Waals surface area contributed by atoms with E-state index in [1.54, 1.807) is 12.3 Å². The Labute approximate surface area is 159 Å². The Bertz CT molecular complexity index is 758. The molecule has 0 spiro atoms. The smallest absolute Gasteiger partial charge is 0.331 e. The standard InChI is InChI=1S/C20H26N2O3S/c1-20(2,3)25-19(24)11-10-16-13-21-18(26-16)12-17(23)14-6-8-15(9-7-14)22(4)5/h6-11,13,17,23H,12H2,1-5H3/b11-10+. The van der Waals surface area contributed by atoms with Gasteiger partial charge in [0, 0.05) is 43.4 Å². The minimum absolute atomic E-state index is 0.381. The molecule has 0 saturated heterocycles. The molecule has 0 aliphatic heterocycles. The van der Waals surface area contributed by atoms with Gasteiger partial charge in [0.05, 0.1) is 11.1 Å². The minimum atomic E-state index is -0.611. The quantitative estimate of drug-likeness (QED) is 0.615. The van der Waals surface area contributed by atoms with E-state index >= 15 is 0 Å². The van der Waals surface area contributed by atoms with Gasteiger partial charge in [0.25, 0.3) is 0 Å². The lowest BCUT2D eigenvalue weighted by atomic mass is 10.1. The fourth-order valence-corrected chi connectivity index (χ4v) is 3.12. The molecular weight excluding hydrogens is 348 g/mol. The van der Waals surface area contributed by atoms with E-state index in [4.69, 9.17) is 4.74 Å². The molecule has 1 aromatic heterocycles. The molecule has 0 fully saturated rings. The van der Waals surface area contributed by atoms with Gasteiger partial charge in [-0.2, -0.15) is 0 Å². The first-order valence-corrected chi connectivity index (χ1v) is 9.27. The Morgan fingerprint density at radius 2 is 1.96 bits per heavy atom. The second-order valence-electron chi connectivity index (χ2n) is 7.23. The Morgan fingerprint density at radius 1 is 1.31 bits per heavy atom. The zero-order valence-corrected chi connectivity index (χ0v) is 16.7. The molecule has 1 N–H and O–H groups in total. The summed E-state index contributed by atoms with van der Waals surface area (Å²) < 4.78 is 5.23. The number of nitrogens with zero attached hydrogens (tertiary/aromatic N) is 2. The fraction of sp³-hybridized carbons (Fsp3) is 0.400. The third-order valence-electron chi connectivity index (χ3n) is 3.52. The predicted molar refractivity (Wildman–Crippen MR) is 106 cm³/mol. The van der Waals surface area contributed by atoms with Gasteiger partial charge in [0.15, 0.2) is 0 Å². The fourth-order valence-electron chi connectivity index (χ4n) is 2.26. The van der Waals surface area contributed by atoms with Crippen molar-refractivity contribution in [1.29, 1.82) is 0 Å². The largest absolute Gasteiger partial charge is 0.457 e. The molecule has 1 aromatic carbocycles. The van der Waals surface area contributed by atoms with E-state index in [2.05, 4.69) is 4.98 Å². The highest BCUT2D eigenvalue weighted by molar-refractivity contribution is 7.12. The number of carbonyl (C=O) groups excluding carboxylic acids is 1. The Kier molecular flexibility index (Phi) is 6.56. The lowest BCUT2D eigenvalue weighted by Gasteiger charge is -2.17. The highest BCUT2D eigenvalue weighted by Gasteiger charge is 2.14. The van der Waals surface area contributed by atoms with Crippen molar-refractivity contribution in [3.05, 3.63) is 52.0 Å². The summed E-state index contributed by atoms with van der Waals surface area (Å²) in [5.41, 5.74) is 1.44. The summed E-state index contributed by atoms with van der Waals surface area (Å²) in [7, 11) is 3.96. The zero-order valence-electron chi connectivity index (χ0n) is 15.9. The van der Waals surface area contributed by atoms with Gasteiger partial charge in [0.2, 0.25) is 0 Å². The van der Waals surface area contributed by atoms with Gasteiger partial charge in [0.1, 0.15) is 5.60 Å². The molecule has 140 valence electrons. The van der Waals surface area contributed by atoms with Crippen LogP contribution >= 0.6 is 11.3 Å². The van der Waals surface area contributed by atoms with Crippen LogP contribution in [0.15, 0.2) is 36.5 Å². The Balaban J connectivity index is 1.96. The molecule has 2 aromatic rings. The summed E-state index contributed by atoms with van der Waals surface area (Å²) in [5, 5.41) is 11.2. The molecular formula is C20H26N2O3S. The van der Waals surface area contributed by atoms with Crippen LogP contribution in [0.3, 0.4) is 0 Å². The lowest BCUT2D eigenvalue weighted by molar-refractivity contribution is -0.148. The van der Waals surface area contributed by atoms with Gasteiger partial charge in [-0.1, -0.05) is 12.1 Å². The average Bonchev–Trinajstić information content (AvgIpc) is 2.99. The number of thiazole rings is 1. The number of hydrogen-bond acceptors (Lipinski definition) is 6. The molecule has 0 saturated carbocycles. The van der Waals surface area contributed by atoms with E-state index < -0.39 is 11.7 Å². The van der Waals surface area contributed by atoms with Gasteiger partial charge >= 0.3 is 5.97 Å². The van der Waals surface area contributed by atoms with Crippen LogP contribution < -0.4 is 4.90 Å². The van der Waals surface area contributed by atoms with Crippen LogP contribution in [0.1, 0.15) is 42.3 Å². The third-order valence-corrected chi connectivity index (χ3v) is 4.51. The molecule has 2 rings (SSSR count). The molecule has 6 heteroatoms. The van der Waals surface area contributed by atoms with Gasteiger partial charge in [-0.05, 0) is 44.5 Å². The van der Waals surface area contributed by atoms with E-state index in [0.717, 1.165) is 21.1 Å². The number of benzene rings is 1. The van der Waals surface area contributed by atoms with Crippen molar-refractivity contribution in [3.8, 4) is 0 Å². The molecule has 1 unspecified atom stereocenters. The van der Waals surface area contributed by atoms with Crippen molar-refractivity contribution in [3.63, 3.8) is 0 Å². The van der Waals surface area contributed by atoms with Gasteiger partial charge in [-0.3, -0.25) is 0 Å². The average molecular weight is 375 g/mol. The molecule has 26 heavy (non-hydrogen) atoms. The van der Waals surface area contributed by atoms with Crippen molar-refractivity contribution in [2.75, 3.05) is 19.0 Å². The Hall–Kier alpha value is -2.18. The van der Waals surface area contributed by atoms with Crippen LogP contribution in [0, 0.1) is 0 Å². The van der Waals surface area contributed by atoms with Gasteiger partial charge in [-0.25, -0.2) is 9.78 Å². The summed E-state index contributed by atoms with van der Waals surface area (Å²) in [6.45, 7) is 5.49. The van der Waals surface area contributed by atoms with Crippen molar-refractivity contribution >= 4 is 29.1 Å². The van der Waals surface area contributed by atoms with Gasteiger partial charge in [-0.15, -0.1) is 11.3 Å². The topological polar surface area (TPSA) is 62.7 Å². The Morgan fingerprint density at radius 3 is 2.54 bits per heavy atom. The molecule has 0 radical (unpaired) electrons. The summed E-state index contributed by atoms with van der Waals surface area (Å²) in [6.07, 6.45) is 4.61. The van der Waals surface area contributed by atoms with Crippen LogP contribution in [0.25, 0.3) is 6.08 Å². The number of hydrogen-bond donors (Lipinski definition) is 1. The number of aliphatic hydroxyl groups excluding tert-OH is 1. The molecule has 0 bridgehead atoms. The number of esters is 1. The molecule has 5 nitrogen and oxygen atoms in total. The first-order valence-electron chi connectivity index (χ1n) is 8.45.